The minimum atomic E-state index is -1.70. The smallest absolute Gasteiger partial charge is 0.210 e. The van der Waals surface area contributed by atoms with Crippen LogP contribution >= 0.6 is 0 Å². The first-order valence-corrected chi connectivity index (χ1v) is 12.2. The van der Waals surface area contributed by atoms with Crippen molar-refractivity contribution >= 4 is 0 Å². The van der Waals surface area contributed by atoms with Crippen molar-refractivity contribution in [3.8, 4) is 23.0 Å². The Morgan fingerprint density at radius 3 is 2.34 bits per heavy atom. The van der Waals surface area contributed by atoms with Gasteiger partial charge in [0.25, 0.3) is 0 Å². The summed E-state index contributed by atoms with van der Waals surface area (Å²) in [4.78, 5) is 0. The molecule has 0 radical (unpaired) electrons. The zero-order chi connectivity index (χ0) is 27.2. The van der Waals surface area contributed by atoms with Gasteiger partial charge in [0, 0.05) is 5.92 Å². The fraction of sp³-hybridized carbons (Fsp3) is 0.538. The first-order chi connectivity index (χ1) is 18.2. The van der Waals surface area contributed by atoms with Gasteiger partial charge in [0.1, 0.15) is 17.8 Å². The van der Waals surface area contributed by atoms with Crippen LogP contribution in [0.25, 0.3) is 0 Å². The molecule has 208 valence electrons. The Labute approximate surface area is 218 Å². The Kier molecular flexibility index (Phi) is 7.42. The van der Waals surface area contributed by atoms with Gasteiger partial charge in [-0.1, -0.05) is 12.1 Å². The van der Waals surface area contributed by atoms with Crippen molar-refractivity contribution in [2.75, 3.05) is 34.0 Å². The number of aromatic hydroxyl groups is 1. The summed E-state index contributed by atoms with van der Waals surface area (Å²) in [5.41, 5.74) is 0.0176. The molecule has 0 bridgehead atoms. The van der Waals surface area contributed by atoms with Crippen LogP contribution in [0, 0.1) is 11.8 Å². The predicted molar refractivity (Wildman–Crippen MR) is 128 cm³/mol. The van der Waals surface area contributed by atoms with Gasteiger partial charge in [-0.2, -0.15) is 0 Å². The van der Waals surface area contributed by atoms with Crippen LogP contribution in [0.3, 0.4) is 0 Å². The van der Waals surface area contributed by atoms with Crippen LogP contribution in [0.15, 0.2) is 36.4 Å². The van der Waals surface area contributed by atoms with Gasteiger partial charge >= 0.3 is 0 Å². The third-order valence-electron chi connectivity index (χ3n) is 7.58. The second-order valence-corrected chi connectivity index (χ2v) is 9.72. The molecule has 12 heteroatoms. The Hall–Kier alpha value is -2.68. The quantitative estimate of drug-likeness (QED) is 0.279. The van der Waals surface area contributed by atoms with Gasteiger partial charge in [-0.3, -0.25) is 0 Å². The summed E-state index contributed by atoms with van der Waals surface area (Å²) in [6.07, 6.45) is -7.23. The molecule has 38 heavy (non-hydrogen) atoms. The van der Waals surface area contributed by atoms with Crippen LogP contribution in [0.1, 0.15) is 23.3 Å². The second kappa shape index (κ2) is 10.5. The molecule has 5 rings (SSSR count). The molecule has 2 aromatic rings. The Morgan fingerprint density at radius 2 is 1.63 bits per heavy atom. The highest BCUT2D eigenvalue weighted by Gasteiger charge is 2.59. The fourth-order valence-electron chi connectivity index (χ4n) is 5.42. The molecule has 12 nitrogen and oxygen atoms in total. The van der Waals surface area contributed by atoms with E-state index in [1.807, 2.05) is 0 Å². The monoisotopic (exact) mass is 536 g/mol. The van der Waals surface area contributed by atoms with Crippen molar-refractivity contribution in [1.29, 1.82) is 0 Å². The molecule has 0 aliphatic carbocycles. The van der Waals surface area contributed by atoms with Crippen molar-refractivity contribution in [1.82, 2.24) is 0 Å². The maximum Gasteiger partial charge on any atom is 0.210 e. The number of hydrogen-bond acceptors (Lipinski definition) is 12. The lowest BCUT2D eigenvalue weighted by Crippen LogP contribution is -2.57. The molecule has 3 aliphatic heterocycles. The van der Waals surface area contributed by atoms with E-state index < -0.39 is 61.0 Å². The van der Waals surface area contributed by atoms with Gasteiger partial charge < -0.3 is 59.1 Å². The molecule has 0 unspecified atom stereocenters. The molecule has 9 atom stereocenters. The topological polar surface area (TPSA) is 177 Å². The first kappa shape index (κ1) is 26.9. The molecule has 3 fully saturated rings. The Morgan fingerprint density at radius 1 is 0.921 bits per heavy atom. The zero-order valence-electron chi connectivity index (χ0n) is 20.8. The van der Waals surface area contributed by atoms with Gasteiger partial charge in [-0.15, -0.1) is 0 Å². The molecule has 6 N–H and O–H groups in total. The summed E-state index contributed by atoms with van der Waals surface area (Å²) >= 11 is 0. The van der Waals surface area contributed by atoms with Gasteiger partial charge in [0.05, 0.1) is 52.2 Å². The summed E-state index contributed by atoms with van der Waals surface area (Å²) in [6, 6.07) is 9.79. The largest absolute Gasteiger partial charge is 0.504 e. The van der Waals surface area contributed by atoms with E-state index in [2.05, 4.69) is 0 Å². The number of phenols is 1. The highest BCUT2D eigenvalue weighted by molar-refractivity contribution is 5.46. The number of phenolic OH excluding ortho intramolecular Hbond substituents is 1. The summed E-state index contributed by atoms with van der Waals surface area (Å²) < 4.78 is 33.8. The van der Waals surface area contributed by atoms with Crippen LogP contribution in [-0.2, 0) is 14.2 Å². The number of hydrogen-bond donors (Lipinski definition) is 6. The molecule has 3 aliphatic rings. The third-order valence-corrected chi connectivity index (χ3v) is 7.58. The van der Waals surface area contributed by atoms with Gasteiger partial charge in [0.2, 0.25) is 6.29 Å². The maximum absolute atomic E-state index is 11.6. The molecular formula is C26H32O12. The number of rotatable bonds is 7. The van der Waals surface area contributed by atoms with E-state index in [1.54, 1.807) is 30.3 Å². The van der Waals surface area contributed by atoms with Crippen LogP contribution in [-0.4, -0.2) is 95.1 Å². The number of aliphatic hydroxyl groups excluding tert-OH is 4. The Bertz CT molecular complexity index is 1140. The lowest BCUT2D eigenvalue weighted by atomic mass is 9.81. The third kappa shape index (κ3) is 4.46. The maximum atomic E-state index is 11.6. The van der Waals surface area contributed by atoms with E-state index in [1.165, 1.54) is 20.3 Å². The standard InChI is InChI=1S/C26H32O12/c1-33-18-8-13(3-5-16(18)28)23-26(32)11-36-22(15(26)10-35-23)12-4-6-17(19(7-12)34-2)37-25-14(9-27)20(29)21(30)24(31)38-25/h3-8,14-15,20-25,27-32H,9-11H2,1-2H3/t14-,15-,20-,21+,22-,23-,24+,25+,26-/m1/s1. The van der Waals surface area contributed by atoms with E-state index in [4.69, 9.17) is 28.4 Å². The summed E-state index contributed by atoms with van der Waals surface area (Å²) in [5.74, 6) is -0.671. The van der Waals surface area contributed by atoms with Gasteiger partial charge in [-0.25, -0.2) is 0 Å². The molecule has 0 saturated carbocycles. The molecule has 0 aromatic heterocycles. The zero-order valence-corrected chi connectivity index (χ0v) is 20.8. The van der Waals surface area contributed by atoms with Crippen LogP contribution in [0.5, 0.6) is 23.0 Å². The lowest BCUT2D eigenvalue weighted by molar-refractivity contribution is -0.312. The van der Waals surface area contributed by atoms with Crippen molar-refractivity contribution in [2.45, 2.75) is 42.6 Å². The average Bonchev–Trinajstić information content (AvgIpc) is 3.42. The number of methoxy groups -OCH3 is 2. The normalized spacial score (nSPS) is 36.6. The molecule has 0 spiro atoms. The first-order valence-electron chi connectivity index (χ1n) is 12.2. The second-order valence-electron chi connectivity index (χ2n) is 9.72. The highest BCUT2D eigenvalue weighted by Crippen LogP contribution is 2.54. The number of aliphatic hydroxyl groups is 5. The SMILES string of the molecule is COc1cc([C@H]2OC[C@@H]3[C@@H](c4ccc(O[C@H]5O[C@H](O)[C@@H](O)[C@H](O)[C@H]5CO)c(OC)c4)OC[C@]23O)ccc1O. The molecular weight excluding hydrogens is 504 g/mol. The van der Waals surface area contributed by atoms with E-state index in [9.17, 15) is 30.6 Å². The van der Waals surface area contributed by atoms with Crippen molar-refractivity contribution in [3.63, 3.8) is 0 Å². The summed E-state index contributed by atoms with van der Waals surface area (Å²) in [6.45, 7) is -0.314. The fourth-order valence-corrected chi connectivity index (χ4v) is 5.42. The van der Waals surface area contributed by atoms with E-state index in [0.717, 1.165) is 0 Å². The number of fused-ring (bicyclic) bond motifs is 1. The van der Waals surface area contributed by atoms with Crippen LogP contribution in [0.2, 0.25) is 0 Å². The highest BCUT2D eigenvalue weighted by atomic mass is 16.7. The minimum absolute atomic E-state index is 0.0168. The lowest BCUT2D eigenvalue weighted by Gasteiger charge is -2.39. The average molecular weight is 537 g/mol. The molecule has 3 heterocycles. The predicted octanol–water partition coefficient (Wildman–Crippen LogP) is -0.0167. The molecule has 3 saturated heterocycles. The summed E-state index contributed by atoms with van der Waals surface area (Å²) in [7, 11) is 2.88. The van der Waals surface area contributed by atoms with E-state index >= 15 is 0 Å². The molecule has 0 amide bonds. The van der Waals surface area contributed by atoms with Crippen molar-refractivity contribution in [3.05, 3.63) is 47.5 Å². The summed E-state index contributed by atoms with van der Waals surface area (Å²) in [5, 5.41) is 61.1. The number of benzene rings is 2. The van der Waals surface area contributed by atoms with Crippen LogP contribution < -0.4 is 14.2 Å². The van der Waals surface area contributed by atoms with E-state index in [0.29, 0.717) is 11.1 Å². The van der Waals surface area contributed by atoms with Gasteiger partial charge in [0.15, 0.2) is 29.3 Å². The Balaban J connectivity index is 1.36. The van der Waals surface area contributed by atoms with E-state index in [-0.39, 0.29) is 36.2 Å². The number of ether oxygens (including phenoxy) is 6. The molecule has 2 aromatic carbocycles. The minimum Gasteiger partial charge on any atom is -0.504 e. The van der Waals surface area contributed by atoms with Gasteiger partial charge in [-0.05, 0) is 35.4 Å². The van der Waals surface area contributed by atoms with Crippen molar-refractivity contribution < 1.29 is 59.1 Å². The van der Waals surface area contributed by atoms with Crippen LogP contribution in [0.4, 0.5) is 0 Å². The van der Waals surface area contributed by atoms with Crippen molar-refractivity contribution in [2.24, 2.45) is 11.8 Å².